The number of hydrogen-bond donors (Lipinski definition) is 1. The number of rotatable bonds is 9. The van der Waals surface area contributed by atoms with Crippen LogP contribution in [-0.2, 0) is 9.59 Å². The second-order valence-corrected chi connectivity index (χ2v) is 5.24. The summed E-state index contributed by atoms with van der Waals surface area (Å²) >= 11 is 0. The van der Waals surface area contributed by atoms with Gasteiger partial charge >= 0.3 is 0 Å². The predicted molar refractivity (Wildman–Crippen MR) is 74.1 cm³/mol. The molecule has 1 amide bonds. The van der Waals surface area contributed by atoms with Crippen LogP contribution in [-0.4, -0.2) is 43.8 Å². The second kappa shape index (κ2) is 9.44. The van der Waals surface area contributed by atoms with Crippen LogP contribution in [0.5, 0.6) is 0 Å². The molecule has 0 heterocycles. The van der Waals surface area contributed by atoms with Crippen LogP contribution < -0.4 is 10.4 Å². The van der Waals surface area contributed by atoms with E-state index in [1.165, 1.54) is 0 Å². The lowest BCUT2D eigenvalue weighted by Crippen LogP contribution is -2.44. The summed E-state index contributed by atoms with van der Waals surface area (Å²) in [5.41, 5.74) is 0. The number of carboxylic acid groups (broad SMARTS) is 1. The highest BCUT2D eigenvalue weighted by Crippen LogP contribution is 2.23. The summed E-state index contributed by atoms with van der Waals surface area (Å²) < 4.78 is 1.79. The molecule has 0 aliphatic heterocycles. The summed E-state index contributed by atoms with van der Waals surface area (Å²) in [5, 5.41) is 17.9. The molecular formula is C14H27N3O3. The Morgan fingerprint density at radius 2 is 1.95 bits per heavy atom. The molecule has 0 saturated heterocycles. The maximum Gasteiger partial charge on any atom is 0.223 e. The van der Waals surface area contributed by atoms with Gasteiger partial charge in [0.25, 0.3) is 0 Å². The number of hydrogen-bond acceptors (Lipinski definition) is 4. The van der Waals surface area contributed by atoms with Gasteiger partial charge in [0.2, 0.25) is 5.91 Å². The van der Waals surface area contributed by atoms with E-state index < -0.39 is 17.8 Å². The van der Waals surface area contributed by atoms with Crippen molar-refractivity contribution in [2.75, 3.05) is 27.2 Å². The van der Waals surface area contributed by atoms with Crippen LogP contribution in [0, 0.1) is 17.8 Å². The first kappa shape index (κ1) is 18.5. The van der Waals surface area contributed by atoms with Crippen LogP contribution in [0.1, 0.15) is 33.6 Å². The maximum atomic E-state index is 12.0. The zero-order chi connectivity index (χ0) is 15.7. The van der Waals surface area contributed by atoms with Crippen LogP contribution >= 0.6 is 0 Å². The van der Waals surface area contributed by atoms with Gasteiger partial charge in [-0.05, 0) is 11.0 Å². The summed E-state index contributed by atoms with van der Waals surface area (Å²) in [5.74, 6) is -2.77. The van der Waals surface area contributed by atoms with Gasteiger partial charge in [-0.25, -0.2) is 0 Å². The Balaban J connectivity index is 4.34. The molecule has 0 saturated carbocycles. The molecule has 0 aliphatic carbocycles. The van der Waals surface area contributed by atoms with E-state index in [0.717, 1.165) is 13.0 Å². The molecule has 6 nitrogen and oxygen atoms in total. The number of carbonyl (C=O) groups excluding carboxylic acids is 2. The van der Waals surface area contributed by atoms with Gasteiger partial charge in [0.15, 0.2) is 13.6 Å². The first-order valence-corrected chi connectivity index (χ1v) is 7.14. The fraction of sp³-hybridized carbons (Fsp3) is 0.857. The first-order chi connectivity index (χ1) is 9.34. The minimum Gasteiger partial charge on any atom is -0.550 e. The van der Waals surface area contributed by atoms with Crippen molar-refractivity contribution < 1.29 is 19.4 Å². The van der Waals surface area contributed by atoms with Crippen molar-refractivity contribution in [3.8, 4) is 0 Å². The van der Waals surface area contributed by atoms with Crippen molar-refractivity contribution >= 4 is 11.9 Å². The first-order valence-electron chi connectivity index (χ1n) is 7.14. The van der Waals surface area contributed by atoms with Crippen LogP contribution in [0.2, 0.25) is 0 Å². The Hall–Kier alpha value is -1.46. The highest BCUT2D eigenvalue weighted by atomic mass is 16.4. The van der Waals surface area contributed by atoms with Gasteiger partial charge in [-0.2, -0.15) is 0 Å². The Morgan fingerprint density at radius 1 is 1.35 bits per heavy atom. The number of azo groups is 2. The summed E-state index contributed by atoms with van der Waals surface area (Å²) in [6.45, 7) is 6.66. The Kier molecular flexibility index (Phi) is 8.76. The summed E-state index contributed by atoms with van der Waals surface area (Å²) in [7, 11) is 3.57. The third-order valence-electron chi connectivity index (χ3n) is 3.78. The lowest BCUT2D eigenvalue weighted by molar-refractivity contribution is -0.565. The second-order valence-electron chi connectivity index (χ2n) is 5.24. The highest BCUT2D eigenvalue weighted by molar-refractivity contribution is 5.83. The number of nitrogens with one attached hydrogen (secondary N) is 1. The van der Waals surface area contributed by atoms with E-state index in [2.05, 4.69) is 10.4 Å². The van der Waals surface area contributed by atoms with Crippen molar-refractivity contribution in [1.29, 1.82) is 0 Å². The van der Waals surface area contributed by atoms with Crippen LogP contribution in [0.25, 0.3) is 0 Å². The lowest BCUT2D eigenvalue weighted by Gasteiger charge is -2.29. The quantitative estimate of drug-likeness (QED) is 0.375. The third kappa shape index (κ3) is 6.12. The van der Waals surface area contributed by atoms with Gasteiger partial charge in [0.05, 0.1) is 7.05 Å². The molecule has 0 radical (unpaired) electrons. The topological polar surface area (TPSA) is 84.6 Å². The average Bonchev–Trinajstić information content (AvgIpc) is 2.42. The van der Waals surface area contributed by atoms with E-state index in [-0.39, 0.29) is 11.8 Å². The van der Waals surface area contributed by atoms with Crippen molar-refractivity contribution in [3.63, 3.8) is 0 Å². The number of nitrogens with zero attached hydrogens (tertiary/aromatic N) is 2. The van der Waals surface area contributed by atoms with E-state index in [1.807, 2.05) is 20.9 Å². The zero-order valence-corrected chi connectivity index (χ0v) is 13.2. The standard InChI is InChI=1S/C14H27N3O3/c1-6-10(2)12(14(19)20)11(3)13(18)16-8-7-9-17(5)15-4/h10-12H,6-9H2,1-5H3,(H-,16,18,19,20). The molecule has 0 aromatic rings. The fourth-order valence-electron chi connectivity index (χ4n) is 2.13. The molecule has 116 valence electrons. The van der Waals surface area contributed by atoms with E-state index in [4.69, 9.17) is 0 Å². The number of carbonyl (C=O) groups is 2. The van der Waals surface area contributed by atoms with E-state index >= 15 is 0 Å². The molecule has 0 fully saturated rings. The van der Waals surface area contributed by atoms with Gasteiger partial charge in [0.1, 0.15) is 0 Å². The monoisotopic (exact) mass is 285 g/mol. The summed E-state index contributed by atoms with van der Waals surface area (Å²) in [6, 6.07) is 0. The molecule has 0 aromatic carbocycles. The smallest absolute Gasteiger partial charge is 0.223 e. The van der Waals surface area contributed by atoms with E-state index in [1.54, 1.807) is 18.7 Å². The molecule has 3 atom stereocenters. The highest BCUT2D eigenvalue weighted by Gasteiger charge is 2.28. The van der Waals surface area contributed by atoms with Gasteiger partial charge in [-0.3, -0.25) is 4.79 Å². The molecule has 1 N–H and O–H groups in total. The zero-order valence-electron chi connectivity index (χ0n) is 13.2. The van der Waals surface area contributed by atoms with Crippen molar-refractivity contribution in [1.82, 2.24) is 5.32 Å². The Labute approximate surface area is 121 Å². The minimum absolute atomic E-state index is 0.0780. The summed E-state index contributed by atoms with van der Waals surface area (Å²) in [6.07, 6.45) is 1.48. The lowest BCUT2D eigenvalue weighted by atomic mass is 9.81. The molecule has 6 heteroatoms. The number of amides is 1. The van der Waals surface area contributed by atoms with Gasteiger partial charge in [0, 0.05) is 30.8 Å². The largest absolute Gasteiger partial charge is 0.550 e. The van der Waals surface area contributed by atoms with Crippen molar-refractivity contribution in [2.45, 2.75) is 33.6 Å². The Bertz CT molecular complexity index is 356. The normalized spacial score (nSPS) is 16.4. The molecule has 0 bridgehead atoms. The fourth-order valence-corrected chi connectivity index (χ4v) is 2.13. The Morgan fingerprint density at radius 3 is 2.40 bits per heavy atom. The molecule has 20 heavy (non-hydrogen) atoms. The van der Waals surface area contributed by atoms with Crippen LogP contribution in [0.4, 0.5) is 0 Å². The SMILES string of the molecule is CCC(C)C(C(=O)[O-])C(C)C(=O)NCCC[N+](C)=NC. The van der Waals surface area contributed by atoms with E-state index in [9.17, 15) is 14.7 Å². The molecule has 0 rings (SSSR count). The minimum atomic E-state index is -1.15. The number of aliphatic carboxylic acids is 1. The van der Waals surface area contributed by atoms with Crippen molar-refractivity contribution in [2.24, 2.45) is 22.9 Å². The molecule has 3 unspecified atom stereocenters. The molecule has 0 aromatic heterocycles. The van der Waals surface area contributed by atoms with Crippen LogP contribution in [0.3, 0.4) is 0 Å². The predicted octanol–water partition coefficient (Wildman–Crippen LogP) is 0.265. The van der Waals surface area contributed by atoms with Gasteiger partial charge in [-0.1, -0.05) is 27.2 Å². The average molecular weight is 285 g/mol. The summed E-state index contributed by atoms with van der Waals surface area (Å²) in [4.78, 5) is 23.2. The van der Waals surface area contributed by atoms with Gasteiger partial charge in [-0.15, -0.1) is 4.70 Å². The molecular weight excluding hydrogens is 258 g/mol. The van der Waals surface area contributed by atoms with Crippen molar-refractivity contribution in [3.05, 3.63) is 0 Å². The molecule has 0 aliphatic rings. The number of carboxylic acids is 1. The van der Waals surface area contributed by atoms with E-state index in [0.29, 0.717) is 13.0 Å². The molecule has 0 spiro atoms. The maximum absolute atomic E-state index is 12.0. The van der Waals surface area contributed by atoms with Crippen LogP contribution in [0.15, 0.2) is 5.11 Å². The third-order valence-corrected chi connectivity index (χ3v) is 3.78. The van der Waals surface area contributed by atoms with Gasteiger partial charge < -0.3 is 15.2 Å².